The van der Waals surface area contributed by atoms with Gasteiger partial charge in [0.2, 0.25) is 0 Å². The zero-order chi connectivity index (χ0) is 32.6. The Labute approximate surface area is 251 Å². The average molecular weight is 589 g/mol. The number of hydrogen-bond donors (Lipinski definition) is 0. The number of alkyl halides is 2. The van der Waals surface area contributed by atoms with Gasteiger partial charge in [0.05, 0.1) is 29.3 Å². The Kier molecular flexibility index (Phi) is 6.02. The number of hydrogen-bond acceptors (Lipinski definition) is 3. The number of imidazole rings is 1. The van der Waals surface area contributed by atoms with Crippen molar-refractivity contribution in [3.63, 3.8) is 0 Å². The number of carbonyl (C=O) groups is 1. The van der Waals surface area contributed by atoms with Gasteiger partial charge in [0, 0.05) is 46.0 Å². The van der Waals surface area contributed by atoms with Gasteiger partial charge < -0.3 is 9.47 Å². The highest BCUT2D eigenvalue weighted by molar-refractivity contribution is 6.90. The van der Waals surface area contributed by atoms with E-state index in [0.29, 0.717) is 61.3 Å². The number of halogens is 2. The van der Waals surface area contributed by atoms with Gasteiger partial charge in [-0.15, -0.1) is 5.54 Å². The molecule has 0 spiro atoms. The Hall–Kier alpha value is -3.77. The number of aromatic nitrogens is 4. The van der Waals surface area contributed by atoms with E-state index in [-0.39, 0.29) is 0 Å². The molecule has 0 fully saturated rings. The highest BCUT2D eigenvalue weighted by Crippen LogP contribution is 2.49. The molecule has 2 aromatic carbocycles. The summed E-state index contributed by atoms with van der Waals surface area (Å²) >= 11 is 0. The number of carbonyl (C=O) groups excluding carboxylic acids is 1. The Bertz CT molecular complexity index is 1850. The molecule has 2 aliphatic heterocycles. The first-order chi connectivity index (χ1) is 21.2. The first-order valence-corrected chi connectivity index (χ1v) is 16.7. The summed E-state index contributed by atoms with van der Waals surface area (Å²) in [6.45, 7) is 8.03. The predicted octanol–water partition coefficient (Wildman–Crippen LogP) is 7.98. The molecule has 4 aromatic rings. The molecule has 0 aliphatic carbocycles. The lowest BCUT2D eigenvalue weighted by Gasteiger charge is -2.38. The van der Waals surface area contributed by atoms with E-state index in [0.717, 1.165) is 16.0 Å². The Morgan fingerprint density at radius 1 is 1.02 bits per heavy atom. The normalized spacial score (nSPS) is 19.6. The van der Waals surface area contributed by atoms with Crippen LogP contribution < -0.4 is 0 Å². The number of fused-ring (bicyclic) bond motifs is 9. The van der Waals surface area contributed by atoms with Crippen LogP contribution >= 0.6 is 0 Å². The highest BCUT2D eigenvalue weighted by atomic mass is 28.3. The molecular weight excluding hydrogens is 548 g/mol. The zero-order valence-electron chi connectivity index (χ0n) is 27.7. The largest absolute Gasteiger partial charge is 0.333 e. The lowest BCUT2D eigenvalue weighted by atomic mass is 9.93. The van der Waals surface area contributed by atoms with Crippen molar-refractivity contribution in [1.82, 2.24) is 24.2 Å². The maximum atomic E-state index is 14.1. The second kappa shape index (κ2) is 10.2. The molecule has 2 atom stereocenters. The van der Waals surface area contributed by atoms with E-state index in [4.69, 9.17) is 9.10 Å². The van der Waals surface area contributed by atoms with Crippen molar-refractivity contribution in [2.75, 3.05) is 6.98 Å². The van der Waals surface area contributed by atoms with Gasteiger partial charge in [-0.25, -0.2) is 9.67 Å². The minimum Gasteiger partial charge on any atom is -0.331 e. The summed E-state index contributed by atoms with van der Waals surface area (Å²) in [6, 6.07) is 9.68. The van der Waals surface area contributed by atoms with Gasteiger partial charge in [0.1, 0.15) is 13.9 Å². The Morgan fingerprint density at radius 2 is 1.76 bits per heavy atom. The minimum atomic E-state index is -2.76. The molecule has 2 aromatic heterocycles. The molecule has 42 heavy (non-hydrogen) atoms. The van der Waals surface area contributed by atoms with E-state index in [9.17, 15) is 13.6 Å². The van der Waals surface area contributed by atoms with Crippen LogP contribution in [0.5, 0.6) is 0 Å². The number of amides is 1. The second-order valence-corrected chi connectivity index (χ2v) is 18.0. The lowest BCUT2D eigenvalue weighted by Crippen LogP contribution is -2.43. The summed E-state index contributed by atoms with van der Waals surface area (Å²) in [5, 5.41) is 3.79. The molecule has 0 radical (unpaired) electrons. The van der Waals surface area contributed by atoms with Crippen LogP contribution in [0, 0.1) is 11.5 Å². The molecular formula is C33H37F2N5OSi. The van der Waals surface area contributed by atoms with Crippen molar-refractivity contribution in [2.24, 2.45) is 0 Å². The molecule has 0 saturated carbocycles. The molecule has 2 aliphatic rings. The van der Waals surface area contributed by atoms with E-state index >= 15 is 0 Å². The van der Waals surface area contributed by atoms with Gasteiger partial charge in [-0.05, 0) is 46.5 Å². The topological polar surface area (TPSA) is 56.0 Å². The van der Waals surface area contributed by atoms with Crippen molar-refractivity contribution in [2.45, 2.75) is 83.2 Å². The van der Waals surface area contributed by atoms with Crippen LogP contribution in [0.3, 0.4) is 0 Å². The fourth-order valence-corrected chi connectivity index (χ4v) is 12.7. The van der Waals surface area contributed by atoms with Crippen molar-refractivity contribution >= 4 is 25.0 Å². The van der Waals surface area contributed by atoms with Crippen molar-refractivity contribution in [3.05, 3.63) is 71.3 Å². The number of nitrogens with zero attached hydrogens (tertiary/aromatic N) is 5. The summed E-state index contributed by atoms with van der Waals surface area (Å²) in [4.78, 5) is 19.9. The van der Waals surface area contributed by atoms with Crippen LogP contribution in [0.15, 0.2) is 48.8 Å². The smallest absolute Gasteiger partial charge is 0.331 e. The molecule has 6 nitrogen and oxygen atoms in total. The van der Waals surface area contributed by atoms with Crippen LogP contribution in [0.4, 0.5) is 8.78 Å². The van der Waals surface area contributed by atoms with E-state index in [2.05, 4.69) is 58.1 Å². The van der Waals surface area contributed by atoms with Crippen molar-refractivity contribution < 1.29 is 17.7 Å². The molecule has 9 heteroatoms. The molecule has 4 heterocycles. The molecule has 6 rings (SSSR count). The Morgan fingerprint density at radius 3 is 2.40 bits per heavy atom. The number of rotatable bonds is 5. The fraction of sp³-hybridized carbons (Fsp3) is 0.424. The van der Waals surface area contributed by atoms with Crippen molar-refractivity contribution in [3.8, 4) is 22.6 Å². The predicted molar refractivity (Wildman–Crippen MR) is 164 cm³/mol. The van der Waals surface area contributed by atoms with Crippen LogP contribution in [0.2, 0.25) is 16.6 Å². The lowest BCUT2D eigenvalue weighted by molar-refractivity contribution is 0.0566. The zero-order valence-corrected chi connectivity index (χ0v) is 25.7. The Balaban J connectivity index is 1.60. The SMILES string of the molecule is [2H]C([2H])([2H])N1C(=O)c2cccc(C#C[Si](C(C)C)(C(C)C)C(C)C)c2[C@H]2C[C@@H]1c1nc3ccc(-c4cnn(C(F)F)c4)cc3n12. The van der Waals surface area contributed by atoms with Crippen LogP contribution in [0.25, 0.3) is 22.2 Å². The van der Waals surface area contributed by atoms with Gasteiger partial charge in [-0.3, -0.25) is 4.79 Å². The van der Waals surface area contributed by atoms with E-state index in [1.807, 2.05) is 16.7 Å². The van der Waals surface area contributed by atoms with Crippen molar-refractivity contribution in [1.29, 1.82) is 0 Å². The summed E-state index contributed by atoms with van der Waals surface area (Å²) in [7, 11) is -2.13. The van der Waals surface area contributed by atoms with Gasteiger partial charge in [0.15, 0.2) is 0 Å². The summed E-state index contributed by atoms with van der Waals surface area (Å²) < 4.78 is 54.3. The maximum absolute atomic E-state index is 14.1. The van der Waals surface area contributed by atoms with Gasteiger partial charge in [-0.2, -0.15) is 13.9 Å². The third-order valence-corrected chi connectivity index (χ3v) is 15.7. The maximum Gasteiger partial charge on any atom is 0.333 e. The standard InChI is InChI=1S/C33H37F2N5OSi/c1-19(2)42(20(3)4,21(5)6)14-13-22-9-8-10-25-30(22)28-16-29(38(7)32(25)41)31-37-26-12-11-23(15-27(26)40(28)31)24-17-36-39(18-24)33(34)35/h8-12,15,17-21,28-29,33H,16H2,1-7H3/t28-,29-/m1/s1/i7D3. The molecule has 2 bridgehead atoms. The van der Waals surface area contributed by atoms with Gasteiger partial charge in [-0.1, -0.05) is 59.6 Å². The quantitative estimate of drug-likeness (QED) is 0.175. The minimum absolute atomic E-state index is 0.332. The molecule has 218 valence electrons. The monoisotopic (exact) mass is 588 g/mol. The van der Waals surface area contributed by atoms with E-state index < -0.39 is 39.6 Å². The first kappa shape index (κ1) is 24.8. The molecule has 1 amide bonds. The molecule has 0 N–H and O–H groups in total. The third-order valence-electron chi connectivity index (χ3n) is 9.39. The molecule has 0 saturated heterocycles. The summed E-state index contributed by atoms with van der Waals surface area (Å²) in [6.07, 6.45) is 3.02. The highest BCUT2D eigenvalue weighted by Gasteiger charge is 2.45. The van der Waals surface area contributed by atoms with Crippen LogP contribution in [-0.4, -0.2) is 45.2 Å². The average Bonchev–Trinajstić information content (AvgIpc) is 3.65. The first-order valence-electron chi connectivity index (χ1n) is 16.0. The van der Waals surface area contributed by atoms with Gasteiger partial charge in [0.25, 0.3) is 5.91 Å². The summed E-state index contributed by atoms with van der Waals surface area (Å²) in [5.41, 5.74) is 9.33. The second-order valence-electron chi connectivity index (χ2n) is 12.4. The molecule has 0 unspecified atom stereocenters. The van der Waals surface area contributed by atoms with E-state index in [1.54, 1.807) is 24.3 Å². The van der Waals surface area contributed by atoms with E-state index in [1.165, 1.54) is 12.4 Å². The number of benzene rings is 2. The fourth-order valence-electron chi connectivity index (χ4n) is 7.44. The van der Waals surface area contributed by atoms with Crippen LogP contribution in [0.1, 0.15) is 98.0 Å². The summed E-state index contributed by atoms with van der Waals surface area (Å²) in [5.74, 6) is 3.48. The van der Waals surface area contributed by atoms with Crippen LogP contribution in [-0.2, 0) is 0 Å². The third kappa shape index (κ3) is 4.14. The van der Waals surface area contributed by atoms with Gasteiger partial charge >= 0.3 is 6.55 Å².